The Morgan fingerprint density at radius 3 is 2.52 bits per heavy atom. The highest BCUT2D eigenvalue weighted by Gasteiger charge is 2.59. The third-order valence-electron chi connectivity index (χ3n) is 7.02. The Kier molecular flexibility index (Phi) is 3.02. The molecule has 21 heavy (non-hydrogen) atoms. The summed E-state index contributed by atoms with van der Waals surface area (Å²) in [5.74, 6) is 0.941. The fraction of sp³-hybridized carbons (Fsp3) is 0.700. The highest BCUT2D eigenvalue weighted by Crippen LogP contribution is 2.62. The zero-order valence-electron chi connectivity index (χ0n) is 13.8. The molecular formula is C20H29N. The Hall–Kier alpha value is -0.820. The minimum absolute atomic E-state index is 0.476. The van der Waals surface area contributed by atoms with Gasteiger partial charge in [-0.1, -0.05) is 45.0 Å². The van der Waals surface area contributed by atoms with E-state index in [1.54, 1.807) is 11.1 Å². The average Bonchev–Trinajstić information content (AvgIpc) is 2.95. The van der Waals surface area contributed by atoms with E-state index in [1.165, 1.54) is 38.5 Å². The van der Waals surface area contributed by atoms with E-state index in [1.807, 2.05) is 0 Å². The molecule has 3 aliphatic rings. The van der Waals surface area contributed by atoms with Crippen LogP contribution in [0.25, 0.3) is 0 Å². The number of hydrogen-bond donors (Lipinski definition) is 1. The van der Waals surface area contributed by atoms with Crippen LogP contribution in [0.2, 0.25) is 0 Å². The van der Waals surface area contributed by atoms with Gasteiger partial charge in [0.2, 0.25) is 0 Å². The summed E-state index contributed by atoms with van der Waals surface area (Å²) < 4.78 is 0. The number of fused-ring (bicyclic) bond motifs is 3. The Balaban J connectivity index is 1.52. The van der Waals surface area contributed by atoms with E-state index < -0.39 is 0 Å². The van der Waals surface area contributed by atoms with E-state index in [0.717, 1.165) is 5.92 Å². The summed E-state index contributed by atoms with van der Waals surface area (Å²) in [5.41, 5.74) is 4.18. The van der Waals surface area contributed by atoms with Crippen molar-refractivity contribution in [2.24, 2.45) is 16.7 Å². The Labute approximate surface area is 129 Å². The van der Waals surface area contributed by atoms with Gasteiger partial charge in [-0.15, -0.1) is 0 Å². The maximum Gasteiger partial charge on any atom is 0.0177 e. The van der Waals surface area contributed by atoms with Crippen molar-refractivity contribution >= 4 is 0 Å². The highest BCUT2D eigenvalue weighted by atomic mass is 15.0. The van der Waals surface area contributed by atoms with Crippen LogP contribution in [-0.2, 0) is 12.8 Å². The van der Waals surface area contributed by atoms with Gasteiger partial charge in [-0.2, -0.15) is 0 Å². The van der Waals surface area contributed by atoms with Gasteiger partial charge in [-0.25, -0.2) is 0 Å². The summed E-state index contributed by atoms with van der Waals surface area (Å²) in [6.07, 6.45) is 8.12. The highest BCUT2D eigenvalue weighted by molar-refractivity contribution is 5.30. The zero-order chi connectivity index (χ0) is 14.7. The van der Waals surface area contributed by atoms with Crippen molar-refractivity contribution in [2.45, 2.75) is 71.4 Å². The summed E-state index contributed by atoms with van der Waals surface area (Å²) in [7, 11) is 0. The average molecular weight is 283 g/mol. The van der Waals surface area contributed by atoms with Crippen LogP contribution in [0.15, 0.2) is 24.3 Å². The van der Waals surface area contributed by atoms with E-state index in [2.05, 4.69) is 50.4 Å². The molecule has 2 saturated carbocycles. The molecule has 3 aliphatic carbocycles. The lowest BCUT2D eigenvalue weighted by atomic mass is 9.68. The van der Waals surface area contributed by atoms with Gasteiger partial charge in [0.05, 0.1) is 0 Å². The molecule has 0 amide bonds. The van der Waals surface area contributed by atoms with Gasteiger partial charge >= 0.3 is 0 Å². The molecule has 4 atom stereocenters. The van der Waals surface area contributed by atoms with Crippen molar-refractivity contribution in [1.29, 1.82) is 0 Å². The molecule has 1 nitrogen and oxygen atoms in total. The molecule has 0 heterocycles. The maximum absolute atomic E-state index is 4.12. The second kappa shape index (κ2) is 4.59. The second-order valence-corrected chi connectivity index (χ2v) is 8.72. The van der Waals surface area contributed by atoms with Crippen LogP contribution in [-0.4, -0.2) is 12.1 Å². The zero-order valence-corrected chi connectivity index (χ0v) is 13.8. The molecule has 1 aromatic carbocycles. The van der Waals surface area contributed by atoms with Gasteiger partial charge in [-0.3, -0.25) is 0 Å². The topological polar surface area (TPSA) is 12.0 Å². The molecule has 1 heteroatoms. The van der Waals surface area contributed by atoms with Crippen LogP contribution in [0.5, 0.6) is 0 Å². The van der Waals surface area contributed by atoms with Gasteiger partial charge in [0.15, 0.2) is 0 Å². The predicted molar refractivity (Wildman–Crippen MR) is 88.4 cm³/mol. The Morgan fingerprint density at radius 2 is 1.81 bits per heavy atom. The van der Waals surface area contributed by atoms with Crippen molar-refractivity contribution in [1.82, 2.24) is 5.32 Å². The minimum atomic E-state index is 0.476. The number of nitrogens with one attached hydrogen (secondary N) is 1. The fourth-order valence-electron chi connectivity index (χ4n) is 5.79. The maximum atomic E-state index is 4.12. The molecule has 2 fully saturated rings. The quantitative estimate of drug-likeness (QED) is 0.851. The molecule has 0 spiro atoms. The van der Waals surface area contributed by atoms with E-state index in [9.17, 15) is 0 Å². The van der Waals surface area contributed by atoms with E-state index in [4.69, 9.17) is 0 Å². The Bertz CT molecular complexity index is 542. The van der Waals surface area contributed by atoms with Gasteiger partial charge < -0.3 is 5.32 Å². The molecule has 4 rings (SSSR count). The van der Waals surface area contributed by atoms with Gasteiger partial charge in [-0.05, 0) is 66.4 Å². The van der Waals surface area contributed by atoms with Crippen molar-refractivity contribution in [3.8, 4) is 0 Å². The molecule has 1 aromatic rings. The van der Waals surface area contributed by atoms with Crippen LogP contribution in [0, 0.1) is 16.7 Å². The predicted octanol–water partition coefficient (Wildman–Crippen LogP) is 4.35. The monoisotopic (exact) mass is 283 g/mol. The van der Waals surface area contributed by atoms with E-state index in [-0.39, 0.29) is 0 Å². The molecule has 0 aliphatic heterocycles. The third-order valence-corrected chi connectivity index (χ3v) is 7.02. The van der Waals surface area contributed by atoms with Crippen LogP contribution in [0.3, 0.4) is 0 Å². The van der Waals surface area contributed by atoms with Gasteiger partial charge in [0.1, 0.15) is 0 Å². The van der Waals surface area contributed by atoms with Crippen LogP contribution in [0.4, 0.5) is 0 Å². The van der Waals surface area contributed by atoms with Gasteiger partial charge in [0, 0.05) is 12.1 Å². The first-order valence-corrected chi connectivity index (χ1v) is 8.82. The first-order chi connectivity index (χ1) is 9.99. The molecule has 2 bridgehead atoms. The number of hydrogen-bond acceptors (Lipinski definition) is 1. The lowest BCUT2D eigenvalue weighted by molar-refractivity contribution is 0.0961. The van der Waals surface area contributed by atoms with Crippen molar-refractivity contribution in [3.05, 3.63) is 35.4 Å². The summed E-state index contributed by atoms with van der Waals surface area (Å²) in [4.78, 5) is 0. The summed E-state index contributed by atoms with van der Waals surface area (Å²) in [5, 5.41) is 4.12. The molecule has 2 unspecified atom stereocenters. The third kappa shape index (κ3) is 2.08. The lowest BCUT2D eigenvalue weighted by Gasteiger charge is -2.45. The second-order valence-electron chi connectivity index (χ2n) is 8.72. The molecule has 0 aromatic heterocycles. The van der Waals surface area contributed by atoms with Crippen molar-refractivity contribution < 1.29 is 0 Å². The smallest absolute Gasteiger partial charge is 0.0177 e. The van der Waals surface area contributed by atoms with Crippen molar-refractivity contribution in [3.63, 3.8) is 0 Å². The largest absolute Gasteiger partial charge is 0.310 e. The van der Waals surface area contributed by atoms with E-state index >= 15 is 0 Å². The normalized spacial score (nSPS) is 40.2. The minimum Gasteiger partial charge on any atom is -0.310 e. The Morgan fingerprint density at radius 1 is 1.05 bits per heavy atom. The van der Waals surface area contributed by atoms with Crippen LogP contribution >= 0.6 is 0 Å². The molecule has 0 radical (unpaired) electrons. The first kappa shape index (κ1) is 13.8. The lowest BCUT2D eigenvalue weighted by Crippen LogP contribution is -2.54. The number of benzene rings is 1. The standard InChI is InChI=1S/C20H29N/c1-19(2)16-10-11-20(3,13-16)18(19)21-17-9-8-14-6-4-5-7-15(14)12-17/h4-7,16-18,21H,8-13H2,1-3H3/t16-,17?,18?,20+/m0/s1. The first-order valence-electron chi connectivity index (χ1n) is 8.82. The SMILES string of the molecule is CC1(C)C(NC2CCc3ccccc3C2)[C@]2(C)CC[C@H]1C2. The fourth-order valence-corrected chi connectivity index (χ4v) is 5.79. The summed E-state index contributed by atoms with van der Waals surface area (Å²) in [6.45, 7) is 7.56. The molecule has 0 saturated heterocycles. The van der Waals surface area contributed by atoms with Gasteiger partial charge in [0.25, 0.3) is 0 Å². The molecular weight excluding hydrogens is 254 g/mol. The van der Waals surface area contributed by atoms with Crippen LogP contribution < -0.4 is 5.32 Å². The summed E-state index contributed by atoms with van der Waals surface area (Å²) >= 11 is 0. The van der Waals surface area contributed by atoms with Crippen molar-refractivity contribution in [2.75, 3.05) is 0 Å². The number of rotatable bonds is 2. The van der Waals surface area contributed by atoms with Crippen LogP contribution in [0.1, 0.15) is 57.6 Å². The molecule has 1 N–H and O–H groups in total. The molecule has 114 valence electrons. The van der Waals surface area contributed by atoms with E-state index in [0.29, 0.717) is 22.9 Å². The summed E-state index contributed by atoms with van der Waals surface area (Å²) in [6, 6.07) is 10.4. The number of aryl methyl sites for hydroxylation is 1.